The molecule has 0 aromatic rings. The number of hydrogen-bond acceptors (Lipinski definition) is 3. The van der Waals surface area contributed by atoms with E-state index in [1.807, 2.05) is 6.34 Å². The topological polar surface area (TPSA) is 18.8 Å². The Bertz CT molecular complexity index is 230. The molecule has 2 heterocycles. The molecule has 1 saturated heterocycles. The summed E-state index contributed by atoms with van der Waals surface area (Å²) in [7, 11) is 0. The molecule has 0 aromatic heterocycles. The lowest BCUT2D eigenvalue weighted by Crippen LogP contribution is -2.34. The van der Waals surface area contributed by atoms with E-state index in [1.54, 1.807) is 0 Å². The van der Waals surface area contributed by atoms with E-state index in [2.05, 4.69) is 43.0 Å². The lowest BCUT2D eigenvalue weighted by molar-refractivity contribution is 0.245. The average Bonchev–Trinajstić information content (AvgIpc) is 2.46. The molecule has 4 atom stereocenters. The van der Waals surface area contributed by atoms with Crippen molar-refractivity contribution in [2.24, 2.45) is 22.9 Å². The molecule has 0 radical (unpaired) electrons. The maximum absolute atomic E-state index is 4.25. The molecule has 0 N–H and O–H groups in total. The smallest absolute Gasteiger partial charge is 0.133 e. The third-order valence-electron chi connectivity index (χ3n) is 3.27. The summed E-state index contributed by atoms with van der Waals surface area (Å²) in [4.78, 5) is 2.36. The maximum Gasteiger partial charge on any atom is 0.133 e. The molecular formula is C7H10IN3. The normalized spacial score (nSPS) is 51.5. The minimum Gasteiger partial charge on any atom is -0.338 e. The first kappa shape index (κ1) is 6.51. The van der Waals surface area contributed by atoms with Crippen molar-refractivity contribution in [1.82, 2.24) is 8.12 Å². The van der Waals surface area contributed by atoms with Crippen LogP contribution in [0.15, 0.2) is 5.10 Å². The van der Waals surface area contributed by atoms with E-state index in [9.17, 15) is 0 Å². The highest BCUT2D eigenvalue weighted by molar-refractivity contribution is 14.1. The van der Waals surface area contributed by atoms with Gasteiger partial charge in [0, 0.05) is 12.5 Å². The summed E-state index contributed by atoms with van der Waals surface area (Å²) in [5, 5.41) is 4.25. The van der Waals surface area contributed by atoms with Gasteiger partial charge in [0.1, 0.15) is 12.5 Å². The quantitative estimate of drug-likeness (QED) is 0.481. The Hall–Kier alpha value is 0. The Balaban J connectivity index is 1.89. The van der Waals surface area contributed by atoms with E-state index in [0.29, 0.717) is 6.17 Å². The van der Waals surface area contributed by atoms with Crippen LogP contribution >= 0.6 is 22.9 Å². The average molecular weight is 263 g/mol. The van der Waals surface area contributed by atoms with E-state index >= 15 is 0 Å². The van der Waals surface area contributed by atoms with Gasteiger partial charge in [0.2, 0.25) is 0 Å². The largest absolute Gasteiger partial charge is 0.338 e. The van der Waals surface area contributed by atoms with E-state index in [-0.39, 0.29) is 0 Å². The first-order chi connectivity index (χ1) is 5.29. The summed E-state index contributed by atoms with van der Waals surface area (Å²) in [6.45, 7) is 3.59. The maximum atomic E-state index is 4.25. The summed E-state index contributed by atoms with van der Waals surface area (Å²) in [5.41, 5.74) is 0. The molecule has 0 bridgehead atoms. The van der Waals surface area contributed by atoms with Gasteiger partial charge in [-0.1, -0.05) is 6.92 Å². The van der Waals surface area contributed by atoms with Gasteiger partial charge in [0.15, 0.2) is 0 Å². The van der Waals surface area contributed by atoms with E-state index in [0.717, 1.165) is 17.8 Å². The molecule has 2 aliphatic heterocycles. The number of fused-ring (bicyclic) bond motifs is 3. The number of halogens is 1. The zero-order valence-corrected chi connectivity index (χ0v) is 8.47. The van der Waals surface area contributed by atoms with Crippen molar-refractivity contribution >= 4 is 29.2 Å². The fourth-order valence-corrected chi connectivity index (χ4v) is 3.30. The summed E-state index contributed by atoms with van der Waals surface area (Å²) >= 11 is 2.29. The number of hydrazone groups is 1. The van der Waals surface area contributed by atoms with Crippen molar-refractivity contribution in [2.75, 3.05) is 6.54 Å². The van der Waals surface area contributed by atoms with Crippen LogP contribution in [0.5, 0.6) is 0 Å². The van der Waals surface area contributed by atoms with Crippen LogP contribution in [0.3, 0.4) is 0 Å². The minimum absolute atomic E-state index is 0.593. The monoisotopic (exact) mass is 263 g/mol. The fourth-order valence-electron chi connectivity index (χ4n) is 2.50. The van der Waals surface area contributed by atoms with E-state index in [4.69, 9.17) is 0 Å². The SMILES string of the molecule is CC1C2CN3C=NN(I)C3C12. The molecular weight excluding hydrogens is 253 g/mol. The molecule has 0 spiro atoms. The van der Waals surface area contributed by atoms with Crippen molar-refractivity contribution in [3.8, 4) is 0 Å². The molecule has 4 heteroatoms. The van der Waals surface area contributed by atoms with Crippen LogP contribution in [0.2, 0.25) is 0 Å². The zero-order valence-electron chi connectivity index (χ0n) is 6.31. The molecule has 3 nitrogen and oxygen atoms in total. The number of nitrogens with zero attached hydrogens (tertiary/aromatic N) is 3. The molecule has 3 rings (SSSR count). The van der Waals surface area contributed by atoms with Crippen LogP contribution < -0.4 is 0 Å². The third kappa shape index (κ3) is 0.666. The van der Waals surface area contributed by atoms with Crippen molar-refractivity contribution < 1.29 is 0 Å². The Labute approximate surface area is 79.9 Å². The lowest BCUT2D eigenvalue weighted by Gasteiger charge is -2.22. The number of piperidine rings is 1. The predicted octanol–water partition coefficient (Wildman–Crippen LogP) is 1.12. The van der Waals surface area contributed by atoms with Gasteiger partial charge in [0.05, 0.1) is 22.9 Å². The second-order valence-electron chi connectivity index (χ2n) is 3.73. The Kier molecular flexibility index (Phi) is 1.09. The first-order valence-electron chi connectivity index (χ1n) is 4.04. The second kappa shape index (κ2) is 1.84. The summed E-state index contributed by atoms with van der Waals surface area (Å²) in [5.74, 6) is 2.80. The highest BCUT2D eigenvalue weighted by atomic mass is 127. The Morgan fingerprint density at radius 1 is 1.64 bits per heavy atom. The third-order valence-corrected chi connectivity index (χ3v) is 4.09. The molecule has 0 amide bonds. The van der Waals surface area contributed by atoms with E-state index < -0.39 is 0 Å². The predicted molar refractivity (Wildman–Crippen MR) is 51.0 cm³/mol. The number of hydrogen-bond donors (Lipinski definition) is 0. The highest BCUT2D eigenvalue weighted by Crippen LogP contribution is 2.56. The fraction of sp³-hybridized carbons (Fsp3) is 0.857. The summed E-state index contributed by atoms with van der Waals surface area (Å²) in [6.07, 6.45) is 2.58. The number of rotatable bonds is 0. The van der Waals surface area contributed by atoms with Crippen LogP contribution in [0.25, 0.3) is 0 Å². The van der Waals surface area contributed by atoms with Gasteiger partial charge in [-0.25, -0.2) is 3.22 Å². The van der Waals surface area contributed by atoms with Crippen LogP contribution in [0.1, 0.15) is 6.92 Å². The molecule has 60 valence electrons. The summed E-state index contributed by atoms with van der Waals surface area (Å²) in [6, 6.07) is 0. The minimum atomic E-state index is 0.593. The van der Waals surface area contributed by atoms with Crippen molar-refractivity contribution in [1.29, 1.82) is 0 Å². The van der Waals surface area contributed by atoms with Crippen LogP contribution in [0, 0.1) is 17.8 Å². The molecule has 11 heavy (non-hydrogen) atoms. The van der Waals surface area contributed by atoms with Crippen LogP contribution in [0.4, 0.5) is 0 Å². The molecule has 1 saturated carbocycles. The van der Waals surface area contributed by atoms with E-state index in [1.165, 1.54) is 6.54 Å². The van der Waals surface area contributed by atoms with Gasteiger partial charge in [-0.2, -0.15) is 5.10 Å². The molecule has 2 fully saturated rings. The summed E-state index contributed by atoms with van der Waals surface area (Å²) < 4.78 is 2.08. The molecule has 4 unspecified atom stereocenters. The van der Waals surface area contributed by atoms with Crippen molar-refractivity contribution in [3.63, 3.8) is 0 Å². The standard InChI is InChI=1S/C7H10IN3/c1-4-5-2-10-3-9-11(8)7(10)6(4)5/h3-7H,2H2,1H3. The van der Waals surface area contributed by atoms with Crippen LogP contribution in [-0.2, 0) is 0 Å². The van der Waals surface area contributed by atoms with Crippen molar-refractivity contribution in [3.05, 3.63) is 0 Å². The molecule has 0 aromatic carbocycles. The van der Waals surface area contributed by atoms with Gasteiger partial charge in [-0.3, -0.25) is 0 Å². The Morgan fingerprint density at radius 3 is 3.27 bits per heavy atom. The first-order valence-corrected chi connectivity index (χ1v) is 5.00. The molecule has 1 aliphatic carbocycles. The lowest BCUT2D eigenvalue weighted by atomic mass is 10.3. The van der Waals surface area contributed by atoms with Gasteiger partial charge in [-0.15, -0.1) is 0 Å². The second-order valence-corrected chi connectivity index (χ2v) is 4.72. The van der Waals surface area contributed by atoms with Gasteiger partial charge in [0.25, 0.3) is 0 Å². The van der Waals surface area contributed by atoms with Crippen LogP contribution in [-0.4, -0.2) is 27.2 Å². The van der Waals surface area contributed by atoms with Gasteiger partial charge < -0.3 is 4.90 Å². The Morgan fingerprint density at radius 2 is 2.45 bits per heavy atom. The molecule has 3 aliphatic rings. The van der Waals surface area contributed by atoms with Crippen molar-refractivity contribution in [2.45, 2.75) is 13.1 Å². The zero-order chi connectivity index (χ0) is 7.59. The van der Waals surface area contributed by atoms with Gasteiger partial charge >= 0.3 is 0 Å². The highest BCUT2D eigenvalue weighted by Gasteiger charge is 2.61. The van der Waals surface area contributed by atoms with Gasteiger partial charge in [-0.05, 0) is 11.8 Å².